The summed E-state index contributed by atoms with van der Waals surface area (Å²) in [6, 6.07) is 11.1. The number of carbonyl (C=O) groups is 1. The van der Waals surface area contributed by atoms with E-state index in [9.17, 15) is 9.59 Å². The Bertz CT molecular complexity index is 793. The van der Waals surface area contributed by atoms with E-state index in [1.54, 1.807) is 6.07 Å². The van der Waals surface area contributed by atoms with E-state index in [-0.39, 0.29) is 24.1 Å². The number of amides is 1. The first-order valence-corrected chi connectivity index (χ1v) is 10.0. The smallest absolute Gasteiger partial charge is 0.267 e. The van der Waals surface area contributed by atoms with Crippen LogP contribution in [0.25, 0.3) is 11.3 Å². The Hall–Kier alpha value is -1.95. The summed E-state index contributed by atoms with van der Waals surface area (Å²) in [4.78, 5) is 24.5. The van der Waals surface area contributed by atoms with Gasteiger partial charge in [-0.15, -0.1) is 0 Å². The first-order valence-electron chi connectivity index (χ1n) is 9.25. The predicted molar refractivity (Wildman–Crippen MR) is 106 cm³/mol. The van der Waals surface area contributed by atoms with Crippen molar-refractivity contribution >= 4 is 21.8 Å². The van der Waals surface area contributed by atoms with Crippen molar-refractivity contribution < 1.29 is 4.79 Å². The summed E-state index contributed by atoms with van der Waals surface area (Å²) in [6.07, 6.45) is 8.12. The fourth-order valence-corrected chi connectivity index (χ4v) is 3.61. The minimum Gasteiger partial charge on any atom is -0.352 e. The lowest BCUT2D eigenvalue weighted by molar-refractivity contribution is -0.122. The van der Waals surface area contributed by atoms with Gasteiger partial charge in [-0.1, -0.05) is 60.2 Å². The first-order chi connectivity index (χ1) is 12.6. The van der Waals surface area contributed by atoms with E-state index in [0.717, 1.165) is 35.7 Å². The van der Waals surface area contributed by atoms with Crippen LogP contribution in [0.15, 0.2) is 45.7 Å². The molecule has 2 aromatic rings. The number of hydrogen-bond acceptors (Lipinski definition) is 3. The van der Waals surface area contributed by atoms with Gasteiger partial charge in [0.2, 0.25) is 5.91 Å². The van der Waals surface area contributed by atoms with Crippen LogP contribution in [0, 0.1) is 0 Å². The van der Waals surface area contributed by atoms with Crippen molar-refractivity contribution in [3.8, 4) is 11.3 Å². The topological polar surface area (TPSA) is 64.0 Å². The zero-order valence-electron chi connectivity index (χ0n) is 14.8. The molecule has 1 heterocycles. The largest absolute Gasteiger partial charge is 0.352 e. The number of hydrogen-bond donors (Lipinski definition) is 1. The third kappa shape index (κ3) is 5.27. The maximum atomic E-state index is 12.4. The van der Waals surface area contributed by atoms with Gasteiger partial charge in [0.25, 0.3) is 5.56 Å². The van der Waals surface area contributed by atoms with Crippen molar-refractivity contribution in [3.05, 3.63) is 51.2 Å². The summed E-state index contributed by atoms with van der Waals surface area (Å²) >= 11 is 3.41. The molecule has 0 saturated heterocycles. The molecule has 0 atom stereocenters. The summed E-state index contributed by atoms with van der Waals surface area (Å²) in [6.45, 7) is -0.0420. The molecule has 1 amide bonds. The summed E-state index contributed by atoms with van der Waals surface area (Å²) in [7, 11) is 0. The third-order valence-corrected chi connectivity index (χ3v) is 5.30. The molecule has 1 aromatic heterocycles. The number of rotatable bonds is 4. The van der Waals surface area contributed by atoms with Crippen LogP contribution in [0.3, 0.4) is 0 Å². The van der Waals surface area contributed by atoms with Crippen molar-refractivity contribution in [3.63, 3.8) is 0 Å². The Kier molecular flexibility index (Phi) is 6.61. The van der Waals surface area contributed by atoms with Gasteiger partial charge < -0.3 is 5.32 Å². The van der Waals surface area contributed by atoms with Crippen molar-refractivity contribution in [2.75, 3.05) is 0 Å². The fraction of sp³-hybridized carbons (Fsp3) is 0.450. The maximum absolute atomic E-state index is 12.4. The number of aromatic nitrogens is 2. The highest BCUT2D eigenvalue weighted by Crippen LogP contribution is 2.19. The molecule has 6 heteroatoms. The maximum Gasteiger partial charge on any atom is 0.267 e. The molecule has 0 aliphatic heterocycles. The third-order valence-electron chi connectivity index (χ3n) is 4.77. The number of benzene rings is 1. The molecule has 26 heavy (non-hydrogen) atoms. The molecule has 0 radical (unpaired) electrons. The van der Waals surface area contributed by atoms with E-state index in [1.165, 1.54) is 30.0 Å². The number of nitrogens with one attached hydrogen (secondary N) is 1. The molecule has 1 aromatic carbocycles. The molecule has 0 unspecified atom stereocenters. The molecule has 1 aliphatic rings. The van der Waals surface area contributed by atoms with Gasteiger partial charge in [-0.3, -0.25) is 9.59 Å². The van der Waals surface area contributed by atoms with Gasteiger partial charge in [-0.25, -0.2) is 4.68 Å². The zero-order chi connectivity index (χ0) is 18.4. The number of carbonyl (C=O) groups excluding carboxylic acids is 1. The van der Waals surface area contributed by atoms with Crippen LogP contribution in [0.5, 0.6) is 0 Å². The van der Waals surface area contributed by atoms with E-state index in [2.05, 4.69) is 26.3 Å². The highest BCUT2D eigenvalue weighted by molar-refractivity contribution is 9.10. The average Bonchev–Trinajstić information content (AvgIpc) is 2.60. The molecule has 0 bridgehead atoms. The van der Waals surface area contributed by atoms with E-state index in [0.29, 0.717) is 5.69 Å². The Morgan fingerprint density at radius 3 is 2.38 bits per heavy atom. The molecular weight excluding hydrogens is 394 g/mol. The normalized spacial score (nSPS) is 15.9. The van der Waals surface area contributed by atoms with Gasteiger partial charge in [0.05, 0.1) is 5.69 Å². The molecule has 3 rings (SSSR count). The minimum atomic E-state index is -0.265. The SMILES string of the molecule is O=C(Cn1nc(-c2ccc(Br)cc2)ccc1=O)NC1CCCCCCC1. The molecule has 0 spiro atoms. The summed E-state index contributed by atoms with van der Waals surface area (Å²) in [5.41, 5.74) is 1.32. The summed E-state index contributed by atoms with van der Waals surface area (Å²) in [5.74, 6) is -0.141. The molecule has 1 aliphatic carbocycles. The van der Waals surface area contributed by atoms with E-state index in [4.69, 9.17) is 0 Å². The van der Waals surface area contributed by atoms with Crippen LogP contribution in [-0.2, 0) is 11.3 Å². The van der Waals surface area contributed by atoms with Gasteiger partial charge in [-0.05, 0) is 31.0 Å². The number of nitrogens with zero attached hydrogens (tertiary/aromatic N) is 2. The highest BCUT2D eigenvalue weighted by Gasteiger charge is 2.15. The van der Waals surface area contributed by atoms with Crippen LogP contribution in [0.4, 0.5) is 0 Å². The molecule has 1 saturated carbocycles. The highest BCUT2D eigenvalue weighted by atomic mass is 79.9. The molecule has 1 fully saturated rings. The Morgan fingerprint density at radius 1 is 1.04 bits per heavy atom. The average molecular weight is 418 g/mol. The quantitative estimate of drug-likeness (QED) is 0.819. The predicted octanol–water partition coefficient (Wildman–Crippen LogP) is 3.90. The lowest BCUT2D eigenvalue weighted by Gasteiger charge is -2.21. The van der Waals surface area contributed by atoms with Crippen LogP contribution < -0.4 is 10.9 Å². The van der Waals surface area contributed by atoms with Gasteiger partial charge in [-0.2, -0.15) is 5.10 Å². The lowest BCUT2D eigenvalue weighted by atomic mass is 9.97. The van der Waals surface area contributed by atoms with Crippen molar-refractivity contribution in [2.45, 2.75) is 57.5 Å². The van der Waals surface area contributed by atoms with Crippen molar-refractivity contribution in [1.29, 1.82) is 0 Å². The summed E-state index contributed by atoms with van der Waals surface area (Å²) in [5, 5.41) is 7.45. The summed E-state index contributed by atoms with van der Waals surface area (Å²) < 4.78 is 2.23. The van der Waals surface area contributed by atoms with Gasteiger partial charge >= 0.3 is 0 Å². The van der Waals surface area contributed by atoms with Crippen LogP contribution >= 0.6 is 15.9 Å². The van der Waals surface area contributed by atoms with Gasteiger partial charge in [0, 0.05) is 22.1 Å². The standard InChI is InChI=1S/C20H24BrN3O2/c21-16-10-8-15(9-11-16)18-12-13-20(26)24(23-18)14-19(25)22-17-6-4-2-1-3-5-7-17/h8-13,17H,1-7,14H2,(H,22,25). The monoisotopic (exact) mass is 417 g/mol. The Labute approximate surface area is 161 Å². The Balaban J connectivity index is 1.68. The van der Waals surface area contributed by atoms with Crippen molar-refractivity contribution in [1.82, 2.24) is 15.1 Å². The van der Waals surface area contributed by atoms with Crippen LogP contribution in [-0.4, -0.2) is 21.7 Å². The first kappa shape index (κ1) is 18.8. The second kappa shape index (κ2) is 9.12. The lowest BCUT2D eigenvalue weighted by Crippen LogP contribution is -2.39. The fourth-order valence-electron chi connectivity index (χ4n) is 3.35. The molecular formula is C20H24BrN3O2. The Morgan fingerprint density at radius 2 is 1.69 bits per heavy atom. The second-order valence-electron chi connectivity index (χ2n) is 6.83. The zero-order valence-corrected chi connectivity index (χ0v) is 16.4. The van der Waals surface area contributed by atoms with Gasteiger partial charge in [0.15, 0.2) is 0 Å². The minimum absolute atomic E-state index is 0.0420. The van der Waals surface area contributed by atoms with Crippen LogP contribution in [0.2, 0.25) is 0 Å². The van der Waals surface area contributed by atoms with E-state index < -0.39 is 0 Å². The van der Waals surface area contributed by atoms with Crippen molar-refractivity contribution in [2.24, 2.45) is 0 Å². The van der Waals surface area contributed by atoms with Gasteiger partial charge in [0.1, 0.15) is 6.54 Å². The second-order valence-corrected chi connectivity index (χ2v) is 7.75. The molecule has 1 N–H and O–H groups in total. The van der Waals surface area contributed by atoms with Crippen LogP contribution in [0.1, 0.15) is 44.9 Å². The molecule has 138 valence electrons. The number of halogens is 1. The van der Waals surface area contributed by atoms with E-state index in [1.807, 2.05) is 24.3 Å². The van der Waals surface area contributed by atoms with E-state index >= 15 is 0 Å². The molecule has 5 nitrogen and oxygen atoms in total.